The standard InChI is InChI=1S/C19H23N3O5S/c1-12-8-13(2)10-17(9-12)21(28(5,26)27)15(4)19(23)20-18-11-16(22(24)25)7-6-14(18)3/h6-11,15H,1-5H3,(H,20,23)/t15-/m1/s1. The molecule has 0 radical (unpaired) electrons. The van der Waals surface area contributed by atoms with Gasteiger partial charge in [-0.05, 0) is 56.5 Å². The number of nitrogens with zero attached hydrogens (tertiary/aromatic N) is 2. The van der Waals surface area contributed by atoms with Crippen molar-refractivity contribution in [2.75, 3.05) is 15.9 Å². The summed E-state index contributed by atoms with van der Waals surface area (Å²) in [6.07, 6.45) is 1.03. The van der Waals surface area contributed by atoms with E-state index in [4.69, 9.17) is 0 Å². The summed E-state index contributed by atoms with van der Waals surface area (Å²) in [6, 6.07) is 8.34. The van der Waals surface area contributed by atoms with Gasteiger partial charge in [0.05, 0.1) is 22.6 Å². The number of aryl methyl sites for hydroxylation is 3. The van der Waals surface area contributed by atoms with Gasteiger partial charge in [0.2, 0.25) is 15.9 Å². The highest BCUT2D eigenvalue weighted by molar-refractivity contribution is 7.92. The van der Waals surface area contributed by atoms with Gasteiger partial charge in [0.1, 0.15) is 6.04 Å². The van der Waals surface area contributed by atoms with Gasteiger partial charge in [0.15, 0.2) is 0 Å². The van der Waals surface area contributed by atoms with E-state index in [1.165, 1.54) is 25.1 Å². The van der Waals surface area contributed by atoms with Crippen molar-refractivity contribution < 1.29 is 18.1 Å². The first-order valence-electron chi connectivity index (χ1n) is 8.53. The summed E-state index contributed by atoms with van der Waals surface area (Å²) in [5.74, 6) is -0.590. The molecule has 150 valence electrons. The first-order valence-corrected chi connectivity index (χ1v) is 10.4. The topological polar surface area (TPSA) is 110 Å². The van der Waals surface area contributed by atoms with Crippen LogP contribution in [0.1, 0.15) is 23.6 Å². The minimum atomic E-state index is -3.76. The van der Waals surface area contributed by atoms with E-state index in [2.05, 4.69) is 5.32 Å². The summed E-state index contributed by atoms with van der Waals surface area (Å²) in [5.41, 5.74) is 2.85. The van der Waals surface area contributed by atoms with Gasteiger partial charge in [-0.25, -0.2) is 8.42 Å². The van der Waals surface area contributed by atoms with Gasteiger partial charge in [0.25, 0.3) is 5.69 Å². The van der Waals surface area contributed by atoms with E-state index >= 15 is 0 Å². The predicted octanol–water partition coefficient (Wildman–Crippen LogP) is 3.31. The van der Waals surface area contributed by atoms with Gasteiger partial charge >= 0.3 is 0 Å². The van der Waals surface area contributed by atoms with Crippen LogP contribution in [0, 0.1) is 30.9 Å². The van der Waals surface area contributed by atoms with Crippen LogP contribution in [0.25, 0.3) is 0 Å². The molecule has 0 aliphatic carbocycles. The fraction of sp³-hybridized carbons (Fsp3) is 0.316. The van der Waals surface area contributed by atoms with E-state index in [1.54, 1.807) is 19.1 Å². The average Bonchev–Trinajstić information content (AvgIpc) is 2.54. The van der Waals surface area contributed by atoms with Crippen molar-refractivity contribution in [3.05, 3.63) is 63.2 Å². The summed E-state index contributed by atoms with van der Waals surface area (Å²) >= 11 is 0. The smallest absolute Gasteiger partial charge is 0.271 e. The van der Waals surface area contributed by atoms with Crippen LogP contribution >= 0.6 is 0 Å². The normalized spacial score (nSPS) is 12.3. The minimum absolute atomic E-state index is 0.164. The van der Waals surface area contributed by atoms with E-state index < -0.39 is 26.9 Å². The fourth-order valence-corrected chi connectivity index (χ4v) is 4.14. The number of hydrogen-bond acceptors (Lipinski definition) is 5. The van der Waals surface area contributed by atoms with E-state index in [9.17, 15) is 23.3 Å². The highest BCUT2D eigenvalue weighted by atomic mass is 32.2. The Morgan fingerprint density at radius 1 is 1.11 bits per heavy atom. The Bertz CT molecular complexity index is 1010. The number of nitro benzene ring substituents is 1. The maximum absolute atomic E-state index is 12.8. The Balaban J connectivity index is 2.40. The number of nitrogens with one attached hydrogen (secondary N) is 1. The van der Waals surface area contributed by atoms with Crippen molar-refractivity contribution in [3.63, 3.8) is 0 Å². The maximum atomic E-state index is 12.8. The number of benzene rings is 2. The van der Waals surface area contributed by atoms with Crippen LogP contribution in [0.3, 0.4) is 0 Å². The Labute approximate surface area is 164 Å². The fourth-order valence-electron chi connectivity index (χ4n) is 2.98. The third-order valence-electron chi connectivity index (χ3n) is 4.24. The lowest BCUT2D eigenvalue weighted by atomic mass is 10.1. The van der Waals surface area contributed by atoms with Crippen LogP contribution in [-0.2, 0) is 14.8 Å². The number of amides is 1. The number of non-ortho nitro benzene ring substituents is 1. The quantitative estimate of drug-likeness (QED) is 0.586. The van der Waals surface area contributed by atoms with Gasteiger partial charge in [-0.3, -0.25) is 19.2 Å². The van der Waals surface area contributed by atoms with Gasteiger partial charge in [-0.1, -0.05) is 12.1 Å². The molecule has 9 heteroatoms. The summed E-state index contributed by atoms with van der Waals surface area (Å²) < 4.78 is 25.9. The predicted molar refractivity (Wildman–Crippen MR) is 109 cm³/mol. The molecule has 2 rings (SSSR count). The van der Waals surface area contributed by atoms with Gasteiger partial charge in [-0.15, -0.1) is 0 Å². The summed E-state index contributed by atoms with van der Waals surface area (Å²) in [4.78, 5) is 23.2. The molecular weight excluding hydrogens is 382 g/mol. The van der Waals surface area contributed by atoms with E-state index in [0.29, 0.717) is 11.3 Å². The van der Waals surface area contributed by atoms with E-state index in [1.807, 2.05) is 19.9 Å². The molecule has 0 aromatic heterocycles. The van der Waals surface area contributed by atoms with Crippen molar-refractivity contribution in [3.8, 4) is 0 Å². The third kappa shape index (κ3) is 4.86. The summed E-state index contributed by atoms with van der Waals surface area (Å²) in [5, 5.41) is 13.6. The second kappa shape index (κ2) is 7.97. The zero-order valence-corrected chi connectivity index (χ0v) is 17.2. The molecule has 0 saturated carbocycles. The second-order valence-electron chi connectivity index (χ2n) is 6.83. The molecule has 0 fully saturated rings. The van der Waals surface area contributed by atoms with E-state index in [0.717, 1.165) is 21.7 Å². The molecule has 1 atom stereocenters. The van der Waals surface area contributed by atoms with Crippen LogP contribution in [-0.4, -0.2) is 31.5 Å². The Hall–Kier alpha value is -2.94. The van der Waals surface area contributed by atoms with Gasteiger partial charge in [-0.2, -0.15) is 0 Å². The van der Waals surface area contributed by atoms with Crippen molar-refractivity contribution in [1.82, 2.24) is 0 Å². The third-order valence-corrected chi connectivity index (χ3v) is 5.48. The van der Waals surface area contributed by atoms with Gasteiger partial charge in [0, 0.05) is 12.1 Å². The SMILES string of the molecule is Cc1cc(C)cc(N([C@H](C)C(=O)Nc2cc([N+](=O)[O-])ccc2C)S(C)(=O)=O)c1. The number of carbonyl (C=O) groups is 1. The summed E-state index contributed by atoms with van der Waals surface area (Å²) in [7, 11) is -3.76. The molecule has 2 aromatic rings. The molecule has 0 bridgehead atoms. The zero-order valence-electron chi connectivity index (χ0n) is 16.4. The molecule has 1 N–H and O–H groups in total. The van der Waals surface area contributed by atoms with Crippen LogP contribution in [0.5, 0.6) is 0 Å². The molecular formula is C19H23N3O5S. The lowest BCUT2D eigenvalue weighted by Gasteiger charge is -2.29. The molecule has 8 nitrogen and oxygen atoms in total. The molecule has 0 saturated heterocycles. The first-order chi connectivity index (χ1) is 12.9. The maximum Gasteiger partial charge on any atom is 0.271 e. The molecule has 0 aliphatic rings. The number of rotatable bonds is 6. The van der Waals surface area contributed by atoms with Crippen molar-refractivity contribution in [1.29, 1.82) is 0 Å². The lowest BCUT2D eigenvalue weighted by molar-refractivity contribution is -0.384. The number of hydrogen-bond donors (Lipinski definition) is 1. The molecule has 0 aliphatic heterocycles. The van der Waals surface area contributed by atoms with Crippen LogP contribution < -0.4 is 9.62 Å². The molecule has 28 heavy (non-hydrogen) atoms. The van der Waals surface area contributed by atoms with Gasteiger partial charge < -0.3 is 5.32 Å². The Kier molecular flexibility index (Phi) is 6.08. The first kappa shape index (κ1) is 21.4. The Morgan fingerprint density at radius 3 is 2.18 bits per heavy atom. The molecule has 1 amide bonds. The molecule has 0 spiro atoms. The van der Waals surface area contributed by atoms with Crippen molar-refractivity contribution >= 4 is 33.0 Å². The number of anilines is 2. The monoisotopic (exact) mass is 405 g/mol. The molecule has 0 heterocycles. The summed E-state index contributed by atoms with van der Waals surface area (Å²) in [6.45, 7) is 6.85. The highest BCUT2D eigenvalue weighted by Gasteiger charge is 2.30. The lowest BCUT2D eigenvalue weighted by Crippen LogP contribution is -2.45. The second-order valence-corrected chi connectivity index (χ2v) is 8.69. The largest absolute Gasteiger partial charge is 0.324 e. The Morgan fingerprint density at radius 2 is 1.68 bits per heavy atom. The number of sulfonamides is 1. The highest BCUT2D eigenvalue weighted by Crippen LogP contribution is 2.26. The van der Waals surface area contributed by atoms with Crippen LogP contribution in [0.15, 0.2) is 36.4 Å². The van der Waals surface area contributed by atoms with Crippen LogP contribution in [0.2, 0.25) is 0 Å². The number of carbonyl (C=O) groups excluding carboxylic acids is 1. The average molecular weight is 405 g/mol. The molecule has 2 aromatic carbocycles. The molecule has 0 unspecified atom stereocenters. The minimum Gasteiger partial charge on any atom is -0.324 e. The number of nitro groups is 1. The van der Waals surface area contributed by atoms with Crippen molar-refractivity contribution in [2.24, 2.45) is 0 Å². The van der Waals surface area contributed by atoms with E-state index in [-0.39, 0.29) is 11.4 Å². The van der Waals surface area contributed by atoms with Crippen molar-refractivity contribution in [2.45, 2.75) is 33.7 Å². The zero-order chi connectivity index (χ0) is 21.2. The van der Waals surface area contributed by atoms with Crippen LogP contribution in [0.4, 0.5) is 17.1 Å².